The Hall–Kier alpha value is -4.09. The molecule has 2 fully saturated rings. The fourth-order valence-electron chi connectivity index (χ4n) is 7.44. The number of ketones is 3. The highest BCUT2D eigenvalue weighted by atomic mass is 16.7. The zero-order valence-electron chi connectivity index (χ0n) is 32.0. The van der Waals surface area contributed by atoms with Crippen LogP contribution in [-0.2, 0) is 38.2 Å². The third kappa shape index (κ3) is 12.3. The van der Waals surface area contributed by atoms with Crippen LogP contribution in [0.4, 0.5) is 4.79 Å². The number of carbonyl (C=O) groups excluding carboxylic acids is 7. The molecular weight excluding hydrogens is 666 g/mol. The van der Waals surface area contributed by atoms with Gasteiger partial charge in [-0.25, -0.2) is 4.79 Å². The number of rotatable bonds is 18. The minimum absolute atomic E-state index is 0.0900. The lowest BCUT2D eigenvalue weighted by molar-refractivity contribution is -0.143. The number of nitrogens with zero attached hydrogens (tertiary/aromatic N) is 1. The van der Waals surface area contributed by atoms with Crippen LogP contribution in [0.2, 0.25) is 0 Å². The zero-order valence-corrected chi connectivity index (χ0v) is 32.0. The Balaban J connectivity index is 1.71. The maximum Gasteiger partial charge on any atom is 0.509 e. The Morgan fingerprint density at radius 1 is 0.923 bits per heavy atom. The third-order valence-corrected chi connectivity index (χ3v) is 10.1. The highest BCUT2D eigenvalue weighted by molar-refractivity contribution is 6.38. The van der Waals surface area contributed by atoms with Crippen LogP contribution in [0.3, 0.4) is 0 Å². The number of ether oxygens (including phenoxy) is 2. The van der Waals surface area contributed by atoms with Crippen molar-refractivity contribution in [1.29, 1.82) is 0 Å². The van der Waals surface area contributed by atoms with E-state index in [1.165, 1.54) is 4.90 Å². The van der Waals surface area contributed by atoms with Crippen LogP contribution in [0.25, 0.3) is 0 Å². The summed E-state index contributed by atoms with van der Waals surface area (Å²) in [5.41, 5.74) is 0.280. The number of benzene rings is 1. The van der Waals surface area contributed by atoms with Crippen molar-refractivity contribution in [3.05, 3.63) is 35.9 Å². The fraction of sp³-hybridized carbons (Fsp3) is 0.675. The van der Waals surface area contributed by atoms with Crippen molar-refractivity contribution in [3.63, 3.8) is 0 Å². The Kier molecular flexibility index (Phi) is 16.0. The summed E-state index contributed by atoms with van der Waals surface area (Å²) in [6.07, 6.45) is 3.62. The van der Waals surface area contributed by atoms with E-state index in [0.29, 0.717) is 24.8 Å². The molecule has 1 aromatic rings. The number of likely N-dealkylation sites (N-methyl/N-ethyl adjacent to an activating group) is 1. The molecule has 288 valence electrons. The first-order valence-electron chi connectivity index (χ1n) is 18.8. The third-order valence-electron chi connectivity index (χ3n) is 10.1. The van der Waals surface area contributed by atoms with Gasteiger partial charge in [0, 0.05) is 38.3 Å². The van der Waals surface area contributed by atoms with Crippen LogP contribution in [0, 0.1) is 29.1 Å². The Morgan fingerprint density at radius 3 is 2.15 bits per heavy atom. The first kappa shape index (κ1) is 42.3. The van der Waals surface area contributed by atoms with E-state index in [1.54, 1.807) is 38.4 Å². The van der Waals surface area contributed by atoms with Crippen LogP contribution in [0.5, 0.6) is 0 Å². The molecule has 2 aliphatic rings. The van der Waals surface area contributed by atoms with Crippen LogP contribution >= 0.6 is 0 Å². The van der Waals surface area contributed by atoms with Gasteiger partial charge in [0.25, 0.3) is 5.91 Å². The molecule has 1 aromatic carbocycles. The predicted molar refractivity (Wildman–Crippen MR) is 195 cm³/mol. The molecule has 3 rings (SSSR count). The molecule has 0 spiro atoms. The zero-order chi connectivity index (χ0) is 38.6. The molecule has 2 aliphatic carbocycles. The van der Waals surface area contributed by atoms with Gasteiger partial charge in [0.05, 0.1) is 25.1 Å². The van der Waals surface area contributed by atoms with Gasteiger partial charge in [0.2, 0.25) is 17.6 Å². The summed E-state index contributed by atoms with van der Waals surface area (Å²) in [6.45, 7) is 9.26. The van der Waals surface area contributed by atoms with E-state index in [9.17, 15) is 33.6 Å². The highest BCUT2D eigenvalue weighted by Crippen LogP contribution is 2.47. The van der Waals surface area contributed by atoms with E-state index < -0.39 is 66.0 Å². The van der Waals surface area contributed by atoms with Gasteiger partial charge in [0.1, 0.15) is 0 Å². The lowest BCUT2D eigenvalue weighted by atomic mass is 9.78. The Bertz CT molecular complexity index is 1420. The average molecular weight is 726 g/mol. The van der Waals surface area contributed by atoms with Crippen molar-refractivity contribution >= 4 is 41.2 Å². The first-order chi connectivity index (χ1) is 24.5. The van der Waals surface area contributed by atoms with Crippen molar-refractivity contribution in [1.82, 2.24) is 15.5 Å². The van der Waals surface area contributed by atoms with Gasteiger partial charge in [-0.15, -0.1) is 0 Å². The molecule has 5 atom stereocenters. The number of carbonyl (C=O) groups is 7. The summed E-state index contributed by atoms with van der Waals surface area (Å²) in [5, 5.41) is 5.14. The van der Waals surface area contributed by atoms with Gasteiger partial charge in [0.15, 0.2) is 17.7 Å². The Morgan fingerprint density at radius 2 is 1.56 bits per heavy atom. The van der Waals surface area contributed by atoms with E-state index in [4.69, 9.17) is 9.47 Å². The van der Waals surface area contributed by atoms with Gasteiger partial charge in [-0.3, -0.25) is 28.8 Å². The molecule has 0 aromatic heterocycles. The van der Waals surface area contributed by atoms with E-state index in [2.05, 4.69) is 10.6 Å². The van der Waals surface area contributed by atoms with Crippen molar-refractivity contribution in [2.24, 2.45) is 29.1 Å². The second-order valence-corrected chi connectivity index (χ2v) is 15.9. The van der Waals surface area contributed by atoms with Gasteiger partial charge < -0.3 is 25.0 Å². The number of amides is 3. The van der Waals surface area contributed by atoms with Crippen molar-refractivity contribution in [2.75, 3.05) is 27.2 Å². The molecule has 0 bridgehead atoms. The highest BCUT2D eigenvalue weighted by Gasteiger charge is 2.50. The van der Waals surface area contributed by atoms with Gasteiger partial charge in [-0.1, -0.05) is 90.6 Å². The summed E-state index contributed by atoms with van der Waals surface area (Å²) in [4.78, 5) is 94.6. The summed E-state index contributed by atoms with van der Waals surface area (Å²) in [7, 11) is 3.20. The van der Waals surface area contributed by atoms with Crippen LogP contribution < -0.4 is 10.6 Å². The topological polar surface area (TPSA) is 165 Å². The molecule has 3 amide bonds. The quantitative estimate of drug-likeness (QED) is 0.154. The number of Topliss-reactive ketones (excluding diaryl/α,β-unsaturated/α-hetero) is 3. The predicted octanol–water partition coefficient (Wildman–Crippen LogP) is 5.17. The molecule has 2 saturated carbocycles. The van der Waals surface area contributed by atoms with Crippen LogP contribution in [0.15, 0.2) is 30.3 Å². The molecular formula is C40H59N3O9. The van der Waals surface area contributed by atoms with Crippen LogP contribution in [-0.4, -0.2) is 85.5 Å². The fourth-order valence-corrected chi connectivity index (χ4v) is 7.44. The van der Waals surface area contributed by atoms with E-state index >= 15 is 0 Å². The summed E-state index contributed by atoms with van der Waals surface area (Å²) in [6, 6.07) is 7.70. The molecule has 0 radical (unpaired) electrons. The number of hydrogen-bond acceptors (Lipinski definition) is 9. The van der Waals surface area contributed by atoms with Gasteiger partial charge in [-0.2, -0.15) is 0 Å². The molecule has 0 heterocycles. The monoisotopic (exact) mass is 725 g/mol. The molecule has 3 unspecified atom stereocenters. The SMILES string of the molecule is CCCC(NC(=O)[C@@H]1CC(C)(C)CC1C(=O)[C@@H](OC(=O)OCC(C)C)C1CCCCC1)C(=O)C(=O)NCC(=O)CC(C(=O)N(C)C)c1ccccc1. The standard InChI is InChI=1S/C40H59N3O9/c1-8-15-32(34(46)37(48)41-23-28(44)20-29(38(49)43(6)7)26-16-11-9-12-17-26)42-36(47)31-22-40(4,5)21-30(31)33(45)35(27-18-13-10-14-19-27)52-39(50)51-24-25(2)3/h9,11-12,16-17,25,27,29-32,35H,8,10,13-15,18-24H2,1-7H3,(H,41,48)(H,42,47)/t29?,30?,31-,32?,35+/m1/s1. The molecule has 0 saturated heterocycles. The smallest absolute Gasteiger partial charge is 0.434 e. The summed E-state index contributed by atoms with van der Waals surface area (Å²) >= 11 is 0. The minimum Gasteiger partial charge on any atom is -0.434 e. The molecule has 12 heteroatoms. The summed E-state index contributed by atoms with van der Waals surface area (Å²) < 4.78 is 11.0. The average Bonchev–Trinajstić information content (AvgIpc) is 3.45. The van der Waals surface area contributed by atoms with Gasteiger partial charge in [-0.05, 0) is 49.0 Å². The second kappa shape index (κ2) is 19.7. The minimum atomic E-state index is -1.17. The lowest BCUT2D eigenvalue weighted by Gasteiger charge is -2.31. The van der Waals surface area contributed by atoms with Gasteiger partial charge >= 0.3 is 6.16 Å². The van der Waals surface area contributed by atoms with Crippen molar-refractivity contribution in [3.8, 4) is 0 Å². The Labute approximate surface area is 308 Å². The largest absolute Gasteiger partial charge is 0.509 e. The summed E-state index contributed by atoms with van der Waals surface area (Å²) in [5.74, 6) is -5.83. The van der Waals surface area contributed by atoms with Crippen LogP contribution in [0.1, 0.15) is 110 Å². The van der Waals surface area contributed by atoms with E-state index in [-0.39, 0.29) is 48.4 Å². The number of hydrogen-bond donors (Lipinski definition) is 2. The molecule has 12 nitrogen and oxygen atoms in total. The lowest BCUT2D eigenvalue weighted by Crippen LogP contribution is -2.51. The second-order valence-electron chi connectivity index (χ2n) is 15.9. The van der Waals surface area contributed by atoms with Crippen molar-refractivity contribution < 1.29 is 43.0 Å². The first-order valence-corrected chi connectivity index (χ1v) is 18.8. The molecule has 0 aliphatic heterocycles. The maximum atomic E-state index is 14.3. The van der Waals surface area contributed by atoms with E-state index in [1.807, 2.05) is 40.7 Å². The maximum absolute atomic E-state index is 14.3. The normalized spacial score (nSPS) is 20.2. The van der Waals surface area contributed by atoms with E-state index in [0.717, 1.165) is 32.1 Å². The molecule has 2 N–H and O–H groups in total. The van der Waals surface area contributed by atoms with Crippen molar-refractivity contribution in [2.45, 2.75) is 117 Å². The molecule has 52 heavy (non-hydrogen) atoms. The number of nitrogens with one attached hydrogen (secondary N) is 2.